The van der Waals surface area contributed by atoms with Crippen LogP contribution in [0.5, 0.6) is 0 Å². The first-order valence-electron chi connectivity index (χ1n) is 5.46. The Morgan fingerprint density at radius 2 is 1.29 bits per heavy atom. The molecule has 0 rings (SSSR count). The molecule has 0 aromatic carbocycles. The Labute approximate surface area is 102 Å². The van der Waals surface area contributed by atoms with E-state index < -0.39 is 15.2 Å². The Morgan fingerprint density at radius 3 is 1.59 bits per heavy atom. The summed E-state index contributed by atoms with van der Waals surface area (Å²) in [5.74, 6) is 0. The first kappa shape index (κ1) is 17.3. The summed E-state index contributed by atoms with van der Waals surface area (Å²) in [6.07, 6.45) is -0.0452. The fourth-order valence-electron chi connectivity index (χ4n) is 1.10. The summed E-state index contributed by atoms with van der Waals surface area (Å²) < 4.78 is 31.8. The van der Waals surface area contributed by atoms with Crippen LogP contribution in [0.1, 0.15) is 13.8 Å². The molecule has 104 valence electrons. The highest BCUT2D eigenvalue weighted by Crippen LogP contribution is 2.41. The number of hydrogen-bond donors (Lipinski definition) is 3. The quantitative estimate of drug-likeness (QED) is 0.407. The molecule has 0 aliphatic rings. The lowest BCUT2D eigenvalue weighted by atomic mass is 10.7. The Kier molecular flexibility index (Phi) is 8.51. The van der Waals surface area contributed by atoms with E-state index in [0.29, 0.717) is 0 Å². The fraction of sp³-hybridized carbons (Fsp3) is 1.00. The van der Waals surface area contributed by atoms with Crippen molar-refractivity contribution in [3.8, 4) is 0 Å². The lowest BCUT2D eigenvalue weighted by molar-refractivity contribution is 0.273. The molecule has 0 amide bonds. The normalized spacial score (nSPS) is 18.6. The van der Waals surface area contributed by atoms with Crippen LogP contribution in [0.15, 0.2) is 0 Å². The smallest absolute Gasteiger partial charge is 0.324 e. The van der Waals surface area contributed by atoms with E-state index in [-0.39, 0.29) is 38.6 Å². The third-order valence-corrected chi connectivity index (χ3v) is 4.70. The van der Waals surface area contributed by atoms with Gasteiger partial charge >= 0.3 is 15.2 Å². The lowest BCUT2D eigenvalue weighted by Gasteiger charge is -2.13. The van der Waals surface area contributed by atoms with E-state index in [2.05, 4.69) is 14.4 Å². The molecule has 0 radical (unpaired) electrons. The summed E-state index contributed by atoms with van der Waals surface area (Å²) in [6.45, 7) is 4.15. The second kappa shape index (κ2) is 8.38. The van der Waals surface area contributed by atoms with Crippen molar-refractivity contribution in [2.45, 2.75) is 13.8 Å². The van der Waals surface area contributed by atoms with Crippen LogP contribution in [0.2, 0.25) is 0 Å². The van der Waals surface area contributed by atoms with E-state index >= 15 is 0 Å². The van der Waals surface area contributed by atoms with E-state index in [9.17, 15) is 18.9 Å². The van der Waals surface area contributed by atoms with Crippen molar-refractivity contribution >= 4 is 15.2 Å². The zero-order valence-corrected chi connectivity index (χ0v) is 12.0. The highest BCUT2D eigenvalue weighted by atomic mass is 31.2. The Bertz CT molecular complexity index is 270. The van der Waals surface area contributed by atoms with Gasteiger partial charge in [0.1, 0.15) is 0 Å². The maximum Gasteiger partial charge on any atom is 0.329 e. The van der Waals surface area contributed by atoms with Gasteiger partial charge in [0.2, 0.25) is 0 Å². The van der Waals surface area contributed by atoms with Gasteiger partial charge in [-0.25, -0.2) is 0 Å². The molecule has 0 aliphatic heterocycles. The highest BCUT2D eigenvalue weighted by molar-refractivity contribution is 7.53. The van der Waals surface area contributed by atoms with Crippen molar-refractivity contribution < 1.29 is 28.0 Å². The van der Waals surface area contributed by atoms with Gasteiger partial charge < -0.3 is 24.2 Å². The second-order valence-corrected chi connectivity index (χ2v) is 7.27. The van der Waals surface area contributed by atoms with Crippen LogP contribution in [-0.2, 0) is 18.2 Å². The van der Waals surface area contributed by atoms with Gasteiger partial charge in [0, 0.05) is 13.1 Å². The van der Waals surface area contributed by atoms with Crippen molar-refractivity contribution in [3.63, 3.8) is 0 Å². The van der Waals surface area contributed by atoms with Crippen LogP contribution in [0, 0.1) is 0 Å². The molecule has 0 spiro atoms. The minimum absolute atomic E-state index is 0.0226. The first-order valence-corrected chi connectivity index (χ1v) is 8.99. The van der Waals surface area contributed by atoms with Crippen LogP contribution >= 0.6 is 15.2 Å². The largest absolute Gasteiger partial charge is 0.329 e. The Morgan fingerprint density at radius 1 is 0.941 bits per heavy atom. The van der Waals surface area contributed by atoms with Gasteiger partial charge in [-0.3, -0.25) is 9.13 Å². The molecule has 0 heterocycles. The molecule has 2 atom stereocenters. The predicted molar refractivity (Wildman–Crippen MR) is 65.5 cm³/mol. The van der Waals surface area contributed by atoms with E-state index in [1.165, 1.54) is 0 Å². The average molecular weight is 289 g/mol. The summed E-state index contributed by atoms with van der Waals surface area (Å²) in [5.41, 5.74) is 0. The monoisotopic (exact) mass is 289 g/mol. The molecule has 0 aromatic rings. The van der Waals surface area contributed by atoms with E-state index in [1.54, 1.807) is 13.8 Å². The van der Waals surface area contributed by atoms with Gasteiger partial charge in [0.25, 0.3) is 0 Å². The zero-order chi connectivity index (χ0) is 13.4. The van der Waals surface area contributed by atoms with Crippen molar-refractivity contribution in [2.24, 2.45) is 0 Å². The molecule has 0 saturated heterocycles. The SMILES string of the molecule is CCOP(=O)(O)CCNCCP(=O)(O)OCC. The minimum atomic E-state index is -3.51. The average Bonchev–Trinajstić information content (AvgIpc) is 2.16. The molecule has 0 bridgehead atoms. The highest BCUT2D eigenvalue weighted by Gasteiger charge is 2.19. The van der Waals surface area contributed by atoms with Crippen LogP contribution in [0.25, 0.3) is 0 Å². The Balaban J connectivity index is 3.66. The van der Waals surface area contributed by atoms with Crippen molar-refractivity contribution in [2.75, 3.05) is 38.6 Å². The Hall–Kier alpha value is 0.260. The molecule has 0 aliphatic carbocycles. The molecule has 7 nitrogen and oxygen atoms in total. The van der Waals surface area contributed by atoms with Crippen molar-refractivity contribution in [1.29, 1.82) is 0 Å². The summed E-state index contributed by atoms with van der Waals surface area (Å²) in [7, 11) is -7.02. The predicted octanol–water partition coefficient (Wildman–Crippen LogP) is 1.02. The van der Waals surface area contributed by atoms with E-state index in [4.69, 9.17) is 0 Å². The summed E-state index contributed by atoms with van der Waals surface area (Å²) in [5, 5.41) is 2.79. The summed E-state index contributed by atoms with van der Waals surface area (Å²) in [4.78, 5) is 18.4. The third kappa shape index (κ3) is 9.92. The van der Waals surface area contributed by atoms with Crippen molar-refractivity contribution in [3.05, 3.63) is 0 Å². The molecule has 9 heteroatoms. The van der Waals surface area contributed by atoms with Gasteiger partial charge in [-0.15, -0.1) is 0 Å². The summed E-state index contributed by atoms with van der Waals surface area (Å²) in [6, 6.07) is 0. The molecule has 17 heavy (non-hydrogen) atoms. The maximum absolute atomic E-state index is 11.2. The van der Waals surface area contributed by atoms with Crippen LogP contribution in [0.3, 0.4) is 0 Å². The topological polar surface area (TPSA) is 105 Å². The minimum Gasteiger partial charge on any atom is -0.324 e. The van der Waals surface area contributed by atoms with E-state index in [0.717, 1.165) is 0 Å². The fourth-order valence-corrected chi connectivity index (χ4v) is 3.04. The van der Waals surface area contributed by atoms with Crippen molar-refractivity contribution in [1.82, 2.24) is 5.32 Å². The molecular formula is C8H21NO6P2. The molecular weight excluding hydrogens is 268 g/mol. The van der Waals surface area contributed by atoms with Gasteiger partial charge in [-0.05, 0) is 13.8 Å². The van der Waals surface area contributed by atoms with Gasteiger partial charge in [0.15, 0.2) is 0 Å². The van der Waals surface area contributed by atoms with Crippen LogP contribution in [-0.4, -0.2) is 48.4 Å². The van der Waals surface area contributed by atoms with Gasteiger partial charge in [-0.2, -0.15) is 0 Å². The van der Waals surface area contributed by atoms with E-state index in [1.807, 2.05) is 0 Å². The standard InChI is InChI=1S/C8H21NO6P2/c1-3-14-16(10,11)7-5-9-6-8-17(12,13)15-4-2/h9H,3-8H2,1-2H3,(H,10,11)(H,12,13). The molecule has 0 fully saturated rings. The molecule has 0 aromatic heterocycles. The zero-order valence-electron chi connectivity index (χ0n) is 10.2. The lowest BCUT2D eigenvalue weighted by Crippen LogP contribution is -2.22. The van der Waals surface area contributed by atoms with Crippen LogP contribution in [0.4, 0.5) is 0 Å². The molecule has 2 unspecified atom stereocenters. The maximum atomic E-state index is 11.2. The number of hydrogen-bond acceptors (Lipinski definition) is 5. The first-order chi connectivity index (χ1) is 7.83. The number of rotatable bonds is 10. The third-order valence-electron chi connectivity index (χ3n) is 1.80. The molecule has 0 saturated carbocycles. The van der Waals surface area contributed by atoms with Gasteiger partial charge in [0.05, 0.1) is 25.5 Å². The molecule has 3 N–H and O–H groups in total. The summed E-state index contributed by atoms with van der Waals surface area (Å²) >= 11 is 0. The van der Waals surface area contributed by atoms with Crippen LogP contribution < -0.4 is 5.32 Å². The van der Waals surface area contributed by atoms with Gasteiger partial charge in [-0.1, -0.05) is 0 Å². The second-order valence-electron chi connectivity index (χ2n) is 3.31. The number of nitrogens with one attached hydrogen (secondary N) is 1.